The van der Waals surface area contributed by atoms with Crippen molar-refractivity contribution in [3.8, 4) is 0 Å². The SMILES string of the molecule is CC(C)C[C@@H](C=O)NC(=O)[C@H](Cc1ccccc1)NC(=O)[C@@H](NC(=O)[C@H](Cc1ccccc1)NC(=O)[C@@H]1CCCN1)C(C)C. The van der Waals surface area contributed by atoms with Crippen LogP contribution in [0.5, 0.6) is 0 Å². The molecule has 5 atom stereocenters. The van der Waals surface area contributed by atoms with E-state index in [-0.39, 0.29) is 36.6 Å². The Morgan fingerprint density at radius 1 is 0.773 bits per heavy atom. The minimum Gasteiger partial charge on any atom is -0.345 e. The van der Waals surface area contributed by atoms with E-state index in [4.69, 9.17) is 0 Å². The maximum absolute atomic E-state index is 13.7. The first-order valence-corrected chi connectivity index (χ1v) is 15.5. The van der Waals surface area contributed by atoms with E-state index in [9.17, 15) is 24.0 Å². The van der Waals surface area contributed by atoms with Gasteiger partial charge in [-0.1, -0.05) is 88.4 Å². The second kappa shape index (κ2) is 17.3. The summed E-state index contributed by atoms with van der Waals surface area (Å²) >= 11 is 0. The molecule has 10 heteroatoms. The van der Waals surface area contributed by atoms with E-state index in [2.05, 4.69) is 26.6 Å². The molecule has 1 aliphatic rings. The molecular weight excluding hydrogens is 558 g/mol. The molecule has 10 nitrogen and oxygen atoms in total. The lowest BCUT2D eigenvalue weighted by molar-refractivity contribution is -0.135. The van der Waals surface area contributed by atoms with Gasteiger partial charge in [-0.15, -0.1) is 0 Å². The summed E-state index contributed by atoms with van der Waals surface area (Å²) in [5.41, 5.74) is 1.69. The van der Waals surface area contributed by atoms with Crippen LogP contribution in [-0.2, 0) is 36.8 Å². The van der Waals surface area contributed by atoms with Gasteiger partial charge >= 0.3 is 0 Å². The molecular formula is C34H47N5O5. The molecule has 2 aromatic carbocycles. The highest BCUT2D eigenvalue weighted by atomic mass is 16.2. The van der Waals surface area contributed by atoms with Crippen LogP contribution < -0.4 is 26.6 Å². The van der Waals surface area contributed by atoms with E-state index >= 15 is 0 Å². The van der Waals surface area contributed by atoms with Crippen LogP contribution in [0.1, 0.15) is 58.1 Å². The fraction of sp³-hybridized carbons (Fsp3) is 0.500. The van der Waals surface area contributed by atoms with E-state index < -0.39 is 41.9 Å². The van der Waals surface area contributed by atoms with Gasteiger partial charge in [0.15, 0.2) is 0 Å². The minimum atomic E-state index is -0.981. The van der Waals surface area contributed by atoms with Gasteiger partial charge in [-0.25, -0.2) is 0 Å². The number of aldehydes is 1. The third-order valence-corrected chi connectivity index (χ3v) is 7.67. The number of hydrogen-bond acceptors (Lipinski definition) is 6. The van der Waals surface area contributed by atoms with Gasteiger partial charge in [0, 0.05) is 12.8 Å². The average Bonchev–Trinajstić information content (AvgIpc) is 3.55. The molecule has 0 saturated carbocycles. The van der Waals surface area contributed by atoms with Crippen LogP contribution in [0.4, 0.5) is 0 Å². The molecule has 2 aromatic rings. The third kappa shape index (κ3) is 10.9. The number of carbonyl (C=O) groups excluding carboxylic acids is 5. The number of hydrogen-bond donors (Lipinski definition) is 5. The Bertz CT molecular complexity index is 1230. The van der Waals surface area contributed by atoms with Crippen molar-refractivity contribution in [3.63, 3.8) is 0 Å². The van der Waals surface area contributed by atoms with Gasteiger partial charge in [0.05, 0.1) is 12.1 Å². The highest BCUT2D eigenvalue weighted by Gasteiger charge is 2.33. The van der Waals surface area contributed by atoms with Crippen LogP contribution in [0.15, 0.2) is 60.7 Å². The summed E-state index contributed by atoms with van der Waals surface area (Å²) in [6, 6.07) is 14.7. The first kappa shape index (κ1) is 34.4. The van der Waals surface area contributed by atoms with E-state index in [0.717, 1.165) is 24.1 Å². The molecule has 1 fully saturated rings. The fourth-order valence-electron chi connectivity index (χ4n) is 5.29. The maximum atomic E-state index is 13.7. The highest BCUT2D eigenvalue weighted by Crippen LogP contribution is 2.11. The number of rotatable bonds is 16. The third-order valence-electron chi connectivity index (χ3n) is 7.67. The zero-order chi connectivity index (χ0) is 32.1. The van der Waals surface area contributed by atoms with Crippen LogP contribution in [0.3, 0.4) is 0 Å². The molecule has 0 spiro atoms. The number of benzene rings is 2. The van der Waals surface area contributed by atoms with Gasteiger partial charge in [0.1, 0.15) is 24.4 Å². The Morgan fingerprint density at radius 2 is 1.32 bits per heavy atom. The molecule has 0 aromatic heterocycles. The molecule has 1 heterocycles. The summed E-state index contributed by atoms with van der Waals surface area (Å²) in [5.74, 6) is -1.90. The van der Waals surface area contributed by atoms with Crippen molar-refractivity contribution < 1.29 is 24.0 Å². The summed E-state index contributed by atoms with van der Waals surface area (Å²) in [6.45, 7) is 8.26. The summed E-state index contributed by atoms with van der Waals surface area (Å²) in [7, 11) is 0. The number of nitrogens with one attached hydrogen (secondary N) is 5. The van der Waals surface area contributed by atoms with Crippen molar-refractivity contribution in [2.24, 2.45) is 11.8 Å². The molecule has 1 saturated heterocycles. The smallest absolute Gasteiger partial charge is 0.243 e. The summed E-state index contributed by atoms with van der Waals surface area (Å²) in [5, 5.41) is 14.5. The van der Waals surface area contributed by atoms with Crippen LogP contribution in [-0.4, -0.2) is 66.7 Å². The number of carbonyl (C=O) groups is 5. The Hall–Kier alpha value is -4.05. The van der Waals surface area contributed by atoms with Crippen molar-refractivity contribution >= 4 is 29.9 Å². The van der Waals surface area contributed by atoms with Crippen molar-refractivity contribution in [3.05, 3.63) is 71.8 Å². The van der Waals surface area contributed by atoms with Crippen LogP contribution in [0.2, 0.25) is 0 Å². The van der Waals surface area contributed by atoms with Crippen LogP contribution >= 0.6 is 0 Å². The lowest BCUT2D eigenvalue weighted by Crippen LogP contribution is -2.60. The molecule has 0 bridgehead atoms. The Kier molecular flexibility index (Phi) is 13.5. The molecule has 0 radical (unpaired) electrons. The summed E-state index contributed by atoms with van der Waals surface area (Å²) in [6.07, 6.45) is 3.20. The largest absolute Gasteiger partial charge is 0.345 e. The van der Waals surface area contributed by atoms with Gasteiger partial charge in [-0.2, -0.15) is 0 Å². The second-order valence-electron chi connectivity index (χ2n) is 12.3. The molecule has 0 unspecified atom stereocenters. The van der Waals surface area contributed by atoms with Crippen molar-refractivity contribution in [1.82, 2.24) is 26.6 Å². The summed E-state index contributed by atoms with van der Waals surface area (Å²) < 4.78 is 0. The van der Waals surface area contributed by atoms with E-state index in [1.165, 1.54) is 0 Å². The summed E-state index contributed by atoms with van der Waals surface area (Å²) in [4.78, 5) is 65.4. The van der Waals surface area contributed by atoms with E-state index in [0.29, 0.717) is 19.1 Å². The van der Waals surface area contributed by atoms with E-state index in [1.807, 2.05) is 74.5 Å². The lowest BCUT2D eigenvalue weighted by atomic mass is 9.99. The van der Waals surface area contributed by atoms with Gasteiger partial charge in [0.25, 0.3) is 0 Å². The van der Waals surface area contributed by atoms with Crippen LogP contribution in [0.25, 0.3) is 0 Å². The van der Waals surface area contributed by atoms with Crippen LogP contribution in [0, 0.1) is 11.8 Å². The monoisotopic (exact) mass is 605 g/mol. The first-order valence-electron chi connectivity index (χ1n) is 15.5. The fourth-order valence-corrected chi connectivity index (χ4v) is 5.29. The zero-order valence-electron chi connectivity index (χ0n) is 26.2. The highest BCUT2D eigenvalue weighted by molar-refractivity contribution is 5.95. The molecule has 44 heavy (non-hydrogen) atoms. The second-order valence-corrected chi connectivity index (χ2v) is 12.3. The topological polar surface area (TPSA) is 146 Å². The lowest BCUT2D eigenvalue weighted by Gasteiger charge is -2.28. The maximum Gasteiger partial charge on any atom is 0.243 e. The van der Waals surface area contributed by atoms with Crippen molar-refractivity contribution in [2.45, 2.75) is 90.0 Å². The predicted molar refractivity (Wildman–Crippen MR) is 169 cm³/mol. The van der Waals surface area contributed by atoms with Gasteiger partial charge in [0.2, 0.25) is 23.6 Å². The standard InChI is InChI=1S/C34H47N5O5/c1-22(2)18-26(21-40)36-32(42)28(19-24-12-7-5-8-13-24)38-34(44)30(23(3)4)39-33(43)29(20-25-14-9-6-10-15-25)37-31(41)27-16-11-17-35-27/h5-10,12-15,21-23,26-30,35H,11,16-20H2,1-4H3,(H,36,42)(H,37,41)(H,38,44)(H,39,43)/t26-,27-,28-,29-,30-/m0/s1. The Balaban J connectivity index is 1.78. The molecule has 5 N–H and O–H groups in total. The Labute approximate surface area is 260 Å². The molecule has 3 rings (SSSR count). The van der Waals surface area contributed by atoms with Crippen molar-refractivity contribution in [2.75, 3.05) is 6.54 Å². The quantitative estimate of drug-likeness (QED) is 0.185. The van der Waals surface area contributed by atoms with Gasteiger partial charge in [-0.05, 0) is 48.8 Å². The van der Waals surface area contributed by atoms with Crippen molar-refractivity contribution in [1.29, 1.82) is 0 Å². The first-order chi connectivity index (χ1) is 21.1. The Morgan fingerprint density at radius 3 is 1.80 bits per heavy atom. The molecule has 4 amide bonds. The van der Waals surface area contributed by atoms with Gasteiger partial charge < -0.3 is 31.4 Å². The normalized spacial score (nSPS) is 17.3. The molecule has 0 aliphatic carbocycles. The number of amides is 4. The predicted octanol–water partition coefficient (Wildman–Crippen LogP) is 2.06. The molecule has 1 aliphatic heterocycles. The average molecular weight is 606 g/mol. The van der Waals surface area contributed by atoms with E-state index in [1.54, 1.807) is 13.8 Å². The van der Waals surface area contributed by atoms with Gasteiger partial charge in [-0.3, -0.25) is 19.2 Å². The molecule has 238 valence electrons. The minimum absolute atomic E-state index is 0.182. The zero-order valence-corrected chi connectivity index (χ0v) is 26.2.